The van der Waals surface area contributed by atoms with Crippen LogP contribution in [0.4, 0.5) is 4.79 Å². The summed E-state index contributed by atoms with van der Waals surface area (Å²) >= 11 is 0. The Morgan fingerprint density at radius 3 is 2.10 bits per heavy atom. The fourth-order valence-corrected chi connectivity index (χ4v) is 8.18. The third-order valence-electron chi connectivity index (χ3n) is 9.00. The van der Waals surface area contributed by atoms with Crippen LogP contribution in [0.1, 0.15) is 56.9 Å². The van der Waals surface area contributed by atoms with E-state index in [0.29, 0.717) is 26.1 Å². The maximum Gasteiger partial charge on any atom is 0.410 e. The van der Waals surface area contributed by atoms with E-state index >= 15 is 0 Å². The van der Waals surface area contributed by atoms with Crippen LogP contribution in [-0.2, 0) is 16.1 Å². The number of ether oxygens (including phenoxy) is 2. The quantitative estimate of drug-likeness (QED) is 0.812. The smallest absolute Gasteiger partial charge is 0.410 e. The standard InChI is InChI=1S/C25H33NO4/c27-23(30-14-17-4-2-1-3-5-17)26-21-12-25(28,13-22(26)16-29-15-21)24-9-18-6-19(10-24)8-20(7-18)11-24/h1-5,18-22,28H,6-16H2. The van der Waals surface area contributed by atoms with Crippen molar-refractivity contribution in [2.24, 2.45) is 23.2 Å². The van der Waals surface area contributed by atoms with Gasteiger partial charge in [-0.2, -0.15) is 0 Å². The molecule has 2 heterocycles. The Bertz CT molecular complexity index is 759. The lowest BCUT2D eigenvalue weighted by atomic mass is 9.43. The van der Waals surface area contributed by atoms with Crippen molar-refractivity contribution in [3.8, 4) is 0 Å². The second-order valence-corrected chi connectivity index (χ2v) is 10.9. The molecule has 1 N–H and O–H groups in total. The molecule has 1 aromatic rings. The van der Waals surface area contributed by atoms with Crippen molar-refractivity contribution in [1.82, 2.24) is 4.90 Å². The van der Waals surface area contributed by atoms with Gasteiger partial charge in [-0.05, 0) is 74.7 Å². The molecule has 6 fully saturated rings. The molecule has 5 nitrogen and oxygen atoms in total. The molecule has 1 aromatic carbocycles. The van der Waals surface area contributed by atoms with Crippen LogP contribution in [0.2, 0.25) is 0 Å². The Balaban J connectivity index is 1.20. The Labute approximate surface area is 178 Å². The molecule has 2 unspecified atom stereocenters. The van der Waals surface area contributed by atoms with Gasteiger partial charge in [-0.3, -0.25) is 4.90 Å². The van der Waals surface area contributed by atoms with E-state index in [1.54, 1.807) is 0 Å². The molecule has 0 radical (unpaired) electrons. The highest BCUT2D eigenvalue weighted by Crippen LogP contribution is 2.66. The molecule has 0 aromatic heterocycles. The van der Waals surface area contributed by atoms with Crippen molar-refractivity contribution in [2.75, 3.05) is 13.2 Å². The molecule has 4 aliphatic carbocycles. The summed E-state index contributed by atoms with van der Waals surface area (Å²) in [5.41, 5.74) is 0.392. The first-order valence-corrected chi connectivity index (χ1v) is 11.8. The summed E-state index contributed by atoms with van der Waals surface area (Å²) in [4.78, 5) is 14.9. The SMILES string of the molecule is O=C(OCc1ccccc1)N1C2COCC1CC(O)(C13CC4CC(CC(C4)C1)C3)C2. The van der Waals surface area contributed by atoms with E-state index in [0.717, 1.165) is 23.3 Å². The minimum absolute atomic E-state index is 0.0651. The van der Waals surface area contributed by atoms with Crippen LogP contribution in [-0.4, -0.2) is 47.0 Å². The van der Waals surface area contributed by atoms with Crippen LogP contribution in [0.3, 0.4) is 0 Å². The topological polar surface area (TPSA) is 59.0 Å². The zero-order chi connectivity index (χ0) is 20.3. The summed E-state index contributed by atoms with van der Waals surface area (Å²) in [5, 5.41) is 12.1. The highest BCUT2D eigenvalue weighted by molar-refractivity contribution is 5.69. The minimum Gasteiger partial charge on any atom is -0.445 e. The molecular weight excluding hydrogens is 378 g/mol. The van der Waals surface area contributed by atoms with Gasteiger partial charge in [0.05, 0.1) is 30.9 Å². The first kappa shape index (κ1) is 19.1. The molecular formula is C25H33NO4. The molecule has 6 bridgehead atoms. The van der Waals surface area contributed by atoms with E-state index < -0.39 is 5.60 Å². The Hall–Kier alpha value is -1.59. The summed E-state index contributed by atoms with van der Waals surface area (Å²) in [6, 6.07) is 9.65. The number of hydrogen-bond donors (Lipinski definition) is 1. The van der Waals surface area contributed by atoms with Crippen LogP contribution >= 0.6 is 0 Å². The second-order valence-electron chi connectivity index (χ2n) is 10.9. The van der Waals surface area contributed by atoms with Crippen molar-refractivity contribution in [3.63, 3.8) is 0 Å². The lowest BCUT2D eigenvalue weighted by molar-refractivity contribution is -0.226. The number of nitrogens with zero attached hydrogens (tertiary/aromatic N) is 1. The maximum atomic E-state index is 13.0. The summed E-state index contributed by atoms with van der Waals surface area (Å²) < 4.78 is 11.5. The molecule has 4 saturated carbocycles. The van der Waals surface area contributed by atoms with E-state index in [9.17, 15) is 9.90 Å². The zero-order valence-corrected chi connectivity index (χ0v) is 17.7. The van der Waals surface area contributed by atoms with Crippen molar-refractivity contribution in [1.29, 1.82) is 0 Å². The first-order chi connectivity index (χ1) is 14.5. The van der Waals surface area contributed by atoms with Gasteiger partial charge in [-0.1, -0.05) is 30.3 Å². The van der Waals surface area contributed by atoms with E-state index in [-0.39, 0.29) is 30.2 Å². The van der Waals surface area contributed by atoms with E-state index in [1.807, 2.05) is 35.2 Å². The van der Waals surface area contributed by atoms with Gasteiger partial charge in [0.25, 0.3) is 0 Å². The van der Waals surface area contributed by atoms with Crippen LogP contribution < -0.4 is 0 Å². The number of aliphatic hydroxyl groups is 1. The second kappa shape index (κ2) is 6.96. The third kappa shape index (κ3) is 3.00. The maximum absolute atomic E-state index is 13.0. The summed E-state index contributed by atoms with van der Waals surface area (Å²) in [7, 11) is 0. The van der Waals surface area contributed by atoms with Crippen molar-refractivity contribution < 1.29 is 19.4 Å². The normalized spacial score (nSPS) is 44.2. The predicted molar refractivity (Wildman–Crippen MR) is 112 cm³/mol. The highest BCUT2D eigenvalue weighted by atomic mass is 16.6. The number of carbonyl (C=O) groups is 1. The number of rotatable bonds is 3. The van der Waals surface area contributed by atoms with E-state index in [1.165, 1.54) is 38.5 Å². The molecule has 5 heteroatoms. The number of fused-ring (bicyclic) bond motifs is 2. The molecule has 30 heavy (non-hydrogen) atoms. The number of amides is 1. The number of hydrogen-bond acceptors (Lipinski definition) is 4. The van der Waals surface area contributed by atoms with Gasteiger partial charge in [0.1, 0.15) is 6.61 Å². The lowest BCUT2D eigenvalue weighted by Crippen LogP contribution is -2.69. The number of benzene rings is 1. The van der Waals surface area contributed by atoms with Gasteiger partial charge in [-0.25, -0.2) is 4.79 Å². The van der Waals surface area contributed by atoms with Crippen LogP contribution in [0.15, 0.2) is 30.3 Å². The molecule has 2 saturated heterocycles. The average Bonchev–Trinajstić information content (AvgIpc) is 2.71. The van der Waals surface area contributed by atoms with Crippen molar-refractivity contribution in [3.05, 3.63) is 35.9 Å². The van der Waals surface area contributed by atoms with Gasteiger partial charge < -0.3 is 14.6 Å². The summed E-state index contributed by atoms with van der Waals surface area (Å²) in [5.74, 6) is 2.43. The Morgan fingerprint density at radius 1 is 0.967 bits per heavy atom. The molecule has 1 amide bonds. The van der Waals surface area contributed by atoms with Crippen LogP contribution in [0.5, 0.6) is 0 Å². The predicted octanol–water partition coefficient (Wildman–Crippen LogP) is 4.13. The van der Waals surface area contributed by atoms with Gasteiger partial charge in [-0.15, -0.1) is 0 Å². The Kier molecular flexibility index (Phi) is 4.44. The molecule has 162 valence electrons. The number of carbonyl (C=O) groups excluding carboxylic acids is 1. The van der Waals surface area contributed by atoms with Gasteiger partial charge in [0, 0.05) is 5.41 Å². The molecule has 7 rings (SSSR count). The largest absolute Gasteiger partial charge is 0.445 e. The van der Waals surface area contributed by atoms with Gasteiger partial charge in [0.15, 0.2) is 0 Å². The fraction of sp³-hybridized carbons (Fsp3) is 0.720. The van der Waals surface area contributed by atoms with Crippen LogP contribution in [0, 0.1) is 23.2 Å². The zero-order valence-electron chi connectivity index (χ0n) is 17.7. The van der Waals surface area contributed by atoms with Crippen molar-refractivity contribution >= 4 is 6.09 Å². The first-order valence-electron chi connectivity index (χ1n) is 11.8. The monoisotopic (exact) mass is 411 g/mol. The fourth-order valence-electron chi connectivity index (χ4n) is 8.18. The summed E-state index contributed by atoms with van der Waals surface area (Å²) in [6.45, 7) is 1.30. The van der Waals surface area contributed by atoms with E-state index in [2.05, 4.69) is 0 Å². The van der Waals surface area contributed by atoms with Crippen LogP contribution in [0.25, 0.3) is 0 Å². The average molecular weight is 412 g/mol. The molecule has 2 aliphatic heterocycles. The van der Waals surface area contributed by atoms with E-state index in [4.69, 9.17) is 9.47 Å². The molecule has 2 atom stereocenters. The Morgan fingerprint density at radius 2 is 1.53 bits per heavy atom. The summed E-state index contributed by atoms with van der Waals surface area (Å²) in [6.07, 6.45) is 8.71. The third-order valence-corrected chi connectivity index (χ3v) is 9.00. The van der Waals surface area contributed by atoms with Gasteiger partial charge >= 0.3 is 6.09 Å². The highest BCUT2D eigenvalue weighted by Gasteiger charge is 2.63. The number of morpholine rings is 1. The molecule has 0 spiro atoms. The van der Waals surface area contributed by atoms with Crippen molar-refractivity contribution in [2.45, 2.75) is 75.7 Å². The number of piperidine rings is 1. The lowest BCUT2D eigenvalue weighted by Gasteiger charge is -2.65. The molecule has 6 aliphatic rings. The van der Waals surface area contributed by atoms with Gasteiger partial charge in [0.2, 0.25) is 0 Å². The minimum atomic E-state index is -0.668.